The van der Waals surface area contributed by atoms with Gasteiger partial charge in [-0.2, -0.15) is 0 Å². The first kappa shape index (κ1) is 6.15. The van der Waals surface area contributed by atoms with E-state index in [1.165, 1.54) is 12.5 Å². The SMILES string of the molecule is O=C1CN=Cc2ncncc21. The average Bonchev–Trinajstić information content (AvgIpc) is 2.06. The molecule has 0 atom stereocenters. The summed E-state index contributed by atoms with van der Waals surface area (Å²) in [7, 11) is 0. The van der Waals surface area contributed by atoms with Crippen molar-refractivity contribution >= 4 is 12.0 Å². The van der Waals surface area contributed by atoms with Gasteiger partial charge in [0, 0.05) is 12.4 Å². The second-order valence-corrected chi connectivity index (χ2v) is 2.21. The Bertz CT molecular complexity index is 332. The van der Waals surface area contributed by atoms with Gasteiger partial charge in [-0.25, -0.2) is 9.97 Å². The van der Waals surface area contributed by atoms with Crippen molar-refractivity contribution in [3.8, 4) is 0 Å². The largest absolute Gasteiger partial charge is 0.292 e. The van der Waals surface area contributed by atoms with E-state index in [1.807, 2.05) is 0 Å². The molecular weight excluding hydrogens is 142 g/mol. The minimum absolute atomic E-state index is 0.0110. The van der Waals surface area contributed by atoms with Gasteiger partial charge in [-0.3, -0.25) is 9.79 Å². The Hall–Kier alpha value is -1.58. The summed E-state index contributed by atoms with van der Waals surface area (Å²) in [6, 6.07) is 0. The molecule has 11 heavy (non-hydrogen) atoms. The van der Waals surface area contributed by atoms with E-state index in [4.69, 9.17) is 0 Å². The highest BCUT2D eigenvalue weighted by atomic mass is 16.1. The molecule has 0 spiro atoms. The van der Waals surface area contributed by atoms with Gasteiger partial charge in [-0.15, -0.1) is 0 Å². The van der Waals surface area contributed by atoms with Crippen molar-refractivity contribution in [2.24, 2.45) is 4.99 Å². The minimum atomic E-state index is -0.0110. The fourth-order valence-corrected chi connectivity index (χ4v) is 0.957. The molecule has 1 aliphatic heterocycles. The predicted molar refractivity (Wildman–Crippen MR) is 38.8 cm³/mol. The second-order valence-electron chi connectivity index (χ2n) is 2.21. The van der Waals surface area contributed by atoms with Crippen LogP contribution in [0.5, 0.6) is 0 Å². The van der Waals surface area contributed by atoms with Crippen molar-refractivity contribution in [3.05, 3.63) is 23.8 Å². The molecule has 54 valence electrons. The van der Waals surface area contributed by atoms with Gasteiger partial charge in [0.2, 0.25) is 0 Å². The van der Waals surface area contributed by atoms with Crippen LogP contribution in [0.15, 0.2) is 17.5 Å². The van der Waals surface area contributed by atoms with Gasteiger partial charge in [-0.05, 0) is 0 Å². The first-order valence-electron chi connectivity index (χ1n) is 3.21. The Morgan fingerprint density at radius 2 is 2.36 bits per heavy atom. The zero-order valence-electron chi connectivity index (χ0n) is 5.69. The molecule has 1 aromatic rings. The van der Waals surface area contributed by atoms with Gasteiger partial charge in [-0.1, -0.05) is 0 Å². The normalized spacial score (nSPS) is 14.7. The molecule has 4 heteroatoms. The molecular formula is C7H5N3O. The molecule has 0 aliphatic carbocycles. The van der Waals surface area contributed by atoms with Crippen molar-refractivity contribution in [1.29, 1.82) is 0 Å². The van der Waals surface area contributed by atoms with E-state index in [0.29, 0.717) is 11.3 Å². The molecule has 0 radical (unpaired) electrons. The lowest BCUT2D eigenvalue weighted by molar-refractivity contribution is 0.0999. The van der Waals surface area contributed by atoms with Crippen molar-refractivity contribution in [3.63, 3.8) is 0 Å². The maximum absolute atomic E-state index is 11.1. The molecule has 1 aromatic heterocycles. The molecule has 0 aromatic carbocycles. The van der Waals surface area contributed by atoms with Crippen LogP contribution >= 0.6 is 0 Å². The molecule has 2 heterocycles. The quantitative estimate of drug-likeness (QED) is 0.522. The van der Waals surface area contributed by atoms with Gasteiger partial charge in [0.05, 0.1) is 11.3 Å². The molecule has 4 nitrogen and oxygen atoms in total. The van der Waals surface area contributed by atoms with Gasteiger partial charge in [0.15, 0.2) is 5.78 Å². The van der Waals surface area contributed by atoms with E-state index in [2.05, 4.69) is 15.0 Å². The standard InChI is InChI=1S/C7H5N3O/c11-7-3-8-2-6-5(7)1-9-4-10-6/h1-2,4H,3H2. The summed E-state index contributed by atoms with van der Waals surface area (Å²) in [4.78, 5) is 22.6. The van der Waals surface area contributed by atoms with Crippen molar-refractivity contribution in [2.45, 2.75) is 0 Å². The van der Waals surface area contributed by atoms with E-state index >= 15 is 0 Å². The first-order valence-corrected chi connectivity index (χ1v) is 3.21. The fraction of sp³-hybridized carbons (Fsp3) is 0.143. The van der Waals surface area contributed by atoms with Crippen molar-refractivity contribution < 1.29 is 4.79 Å². The molecule has 1 aliphatic rings. The highest BCUT2D eigenvalue weighted by molar-refractivity contribution is 6.06. The molecule has 0 bridgehead atoms. The van der Waals surface area contributed by atoms with Crippen LogP contribution in [0.2, 0.25) is 0 Å². The number of nitrogens with zero attached hydrogens (tertiary/aromatic N) is 3. The number of Topliss-reactive ketones (excluding diaryl/α,β-unsaturated/α-hetero) is 1. The Balaban J connectivity index is 2.63. The number of rotatable bonds is 0. The molecule has 0 saturated carbocycles. The lowest BCUT2D eigenvalue weighted by Crippen LogP contribution is -2.13. The van der Waals surface area contributed by atoms with E-state index in [-0.39, 0.29) is 12.3 Å². The highest BCUT2D eigenvalue weighted by Crippen LogP contribution is 2.06. The molecule has 0 N–H and O–H groups in total. The summed E-state index contributed by atoms with van der Waals surface area (Å²) in [5.74, 6) is -0.0110. The smallest absolute Gasteiger partial charge is 0.187 e. The van der Waals surface area contributed by atoms with Gasteiger partial charge < -0.3 is 0 Å². The number of aliphatic imine (C=N–C) groups is 1. The van der Waals surface area contributed by atoms with Gasteiger partial charge in [0.25, 0.3) is 0 Å². The highest BCUT2D eigenvalue weighted by Gasteiger charge is 2.13. The van der Waals surface area contributed by atoms with Gasteiger partial charge in [0.1, 0.15) is 12.9 Å². The first-order chi connectivity index (χ1) is 5.38. The molecule has 2 rings (SSSR count). The van der Waals surface area contributed by atoms with Crippen molar-refractivity contribution in [1.82, 2.24) is 9.97 Å². The summed E-state index contributed by atoms with van der Waals surface area (Å²) in [5, 5.41) is 0. The number of fused-ring (bicyclic) bond motifs is 1. The Labute approximate surface area is 63.0 Å². The summed E-state index contributed by atoms with van der Waals surface area (Å²) < 4.78 is 0. The van der Waals surface area contributed by atoms with E-state index in [9.17, 15) is 4.79 Å². The number of ketones is 1. The van der Waals surface area contributed by atoms with E-state index in [1.54, 1.807) is 6.21 Å². The van der Waals surface area contributed by atoms with Crippen LogP contribution in [-0.4, -0.2) is 28.5 Å². The number of carbonyl (C=O) groups excluding carboxylic acids is 1. The van der Waals surface area contributed by atoms with Crippen LogP contribution in [0.25, 0.3) is 0 Å². The third-order valence-electron chi connectivity index (χ3n) is 1.49. The number of carbonyl (C=O) groups is 1. The maximum Gasteiger partial charge on any atom is 0.187 e. The maximum atomic E-state index is 11.1. The third-order valence-corrected chi connectivity index (χ3v) is 1.49. The summed E-state index contributed by atoms with van der Waals surface area (Å²) >= 11 is 0. The average molecular weight is 147 g/mol. The second kappa shape index (κ2) is 2.23. The van der Waals surface area contributed by atoms with E-state index < -0.39 is 0 Å². The molecule has 0 fully saturated rings. The van der Waals surface area contributed by atoms with Crippen LogP contribution in [0.4, 0.5) is 0 Å². The van der Waals surface area contributed by atoms with Crippen LogP contribution in [0, 0.1) is 0 Å². The molecule has 0 saturated heterocycles. The summed E-state index contributed by atoms with van der Waals surface area (Å²) in [6.45, 7) is 0.223. The lowest BCUT2D eigenvalue weighted by Gasteiger charge is -2.04. The third kappa shape index (κ3) is 0.920. The lowest BCUT2D eigenvalue weighted by atomic mass is 10.1. The monoisotopic (exact) mass is 147 g/mol. The molecule has 0 unspecified atom stereocenters. The van der Waals surface area contributed by atoms with Crippen LogP contribution in [0.1, 0.15) is 16.1 Å². The number of hydrogen-bond acceptors (Lipinski definition) is 4. The minimum Gasteiger partial charge on any atom is -0.292 e. The van der Waals surface area contributed by atoms with E-state index in [0.717, 1.165) is 0 Å². The molecule has 0 amide bonds. The van der Waals surface area contributed by atoms with Crippen LogP contribution in [0.3, 0.4) is 0 Å². The zero-order valence-corrected chi connectivity index (χ0v) is 5.69. The summed E-state index contributed by atoms with van der Waals surface area (Å²) in [5.41, 5.74) is 1.19. The van der Waals surface area contributed by atoms with Crippen molar-refractivity contribution in [2.75, 3.05) is 6.54 Å². The summed E-state index contributed by atoms with van der Waals surface area (Å²) in [6.07, 6.45) is 4.53. The predicted octanol–water partition coefficient (Wildman–Crippen LogP) is 0.0918. The number of aromatic nitrogens is 2. The topological polar surface area (TPSA) is 55.2 Å². The van der Waals surface area contributed by atoms with Gasteiger partial charge >= 0.3 is 0 Å². The number of hydrogen-bond donors (Lipinski definition) is 0. The van der Waals surface area contributed by atoms with Crippen LogP contribution in [-0.2, 0) is 0 Å². The zero-order chi connectivity index (χ0) is 7.68. The Morgan fingerprint density at radius 1 is 1.45 bits per heavy atom. The Kier molecular flexibility index (Phi) is 1.25. The Morgan fingerprint density at radius 3 is 3.18 bits per heavy atom. The van der Waals surface area contributed by atoms with Crippen LogP contribution < -0.4 is 0 Å². The fourth-order valence-electron chi connectivity index (χ4n) is 0.957.